The van der Waals surface area contributed by atoms with E-state index in [1.165, 1.54) is 5.56 Å². The van der Waals surface area contributed by atoms with Gasteiger partial charge < -0.3 is 15.2 Å². The molecule has 2 atom stereocenters. The summed E-state index contributed by atoms with van der Waals surface area (Å²) in [4.78, 5) is 4.52. The lowest BCUT2D eigenvalue weighted by Crippen LogP contribution is -2.22. The number of benzene rings is 1. The fraction of sp³-hybridized carbons (Fsp3) is 0.500. The van der Waals surface area contributed by atoms with Gasteiger partial charge in [-0.3, -0.25) is 4.99 Å². The van der Waals surface area contributed by atoms with Crippen LogP contribution < -0.4 is 5.32 Å². The highest BCUT2D eigenvalue weighted by Crippen LogP contribution is 2.20. The normalized spacial score (nSPS) is 27.0. The molecule has 2 aliphatic rings. The zero-order chi connectivity index (χ0) is 12.4. The maximum absolute atomic E-state index is 9.24. The van der Waals surface area contributed by atoms with Crippen molar-refractivity contribution in [2.45, 2.75) is 18.9 Å². The first kappa shape index (κ1) is 11.5. The molecule has 0 aromatic heterocycles. The summed E-state index contributed by atoms with van der Waals surface area (Å²) < 4.78 is 5.93. The minimum absolute atomic E-state index is 0.158. The highest BCUT2D eigenvalue weighted by atomic mass is 16.5. The smallest absolute Gasteiger partial charge is 0.188 e. The molecule has 96 valence electrons. The molecule has 0 radical (unpaired) electrons. The van der Waals surface area contributed by atoms with Gasteiger partial charge in [0.05, 0.1) is 6.54 Å². The van der Waals surface area contributed by atoms with Gasteiger partial charge in [-0.05, 0) is 30.7 Å². The number of hydrogen-bond donors (Lipinski definition) is 2. The van der Waals surface area contributed by atoms with E-state index in [0.29, 0.717) is 11.7 Å². The third-order valence-electron chi connectivity index (χ3n) is 3.55. The minimum atomic E-state index is 0.158. The van der Waals surface area contributed by atoms with Crippen LogP contribution in [-0.4, -0.2) is 36.7 Å². The Morgan fingerprint density at radius 3 is 2.89 bits per heavy atom. The predicted molar refractivity (Wildman–Crippen MR) is 70.0 cm³/mol. The van der Waals surface area contributed by atoms with E-state index in [2.05, 4.69) is 10.3 Å². The summed E-state index contributed by atoms with van der Waals surface area (Å²) in [6.07, 6.45) is 2.14. The van der Waals surface area contributed by atoms with Gasteiger partial charge in [0.2, 0.25) is 0 Å². The molecule has 1 aromatic rings. The molecule has 1 aromatic carbocycles. The number of rotatable bonds is 3. The third kappa shape index (κ3) is 2.48. The van der Waals surface area contributed by atoms with Crippen LogP contribution in [0.2, 0.25) is 0 Å². The van der Waals surface area contributed by atoms with E-state index in [-0.39, 0.29) is 6.10 Å². The van der Waals surface area contributed by atoms with Crippen molar-refractivity contribution < 1.29 is 9.84 Å². The van der Waals surface area contributed by atoms with E-state index < -0.39 is 0 Å². The molecular formula is C14H18N2O2. The number of hydrogen-bond acceptors (Lipinski definition) is 4. The van der Waals surface area contributed by atoms with Crippen molar-refractivity contribution in [2.75, 3.05) is 19.6 Å². The Bertz CT molecular complexity index is 436. The molecule has 4 heteroatoms. The summed E-state index contributed by atoms with van der Waals surface area (Å²) in [7, 11) is 0. The Labute approximate surface area is 107 Å². The number of ether oxygens (including phenoxy) is 1. The second-order valence-corrected chi connectivity index (χ2v) is 4.98. The van der Waals surface area contributed by atoms with Gasteiger partial charge in [-0.15, -0.1) is 0 Å². The van der Waals surface area contributed by atoms with Crippen LogP contribution in [0.4, 0.5) is 0 Å². The van der Waals surface area contributed by atoms with Crippen molar-refractivity contribution in [1.29, 1.82) is 0 Å². The molecule has 0 bridgehead atoms. The van der Waals surface area contributed by atoms with Crippen LogP contribution in [0.5, 0.6) is 5.75 Å². The average molecular weight is 246 g/mol. The second kappa shape index (κ2) is 4.98. The largest absolute Gasteiger partial charge is 0.508 e. The number of phenolic OH excluding ortho intramolecular Hbond substituents is 1. The topological polar surface area (TPSA) is 53.9 Å². The fourth-order valence-electron chi connectivity index (χ4n) is 2.53. The van der Waals surface area contributed by atoms with Crippen molar-refractivity contribution in [1.82, 2.24) is 5.32 Å². The monoisotopic (exact) mass is 246 g/mol. The maximum Gasteiger partial charge on any atom is 0.188 e. The number of nitrogens with zero attached hydrogens (tertiary/aromatic N) is 1. The number of phenols is 1. The van der Waals surface area contributed by atoms with E-state index >= 15 is 0 Å². The van der Waals surface area contributed by atoms with Crippen molar-refractivity contribution in [3.63, 3.8) is 0 Å². The first-order valence-electron chi connectivity index (χ1n) is 6.51. The molecule has 0 saturated carbocycles. The number of aromatic hydroxyl groups is 1. The Hall–Kier alpha value is -1.55. The Kier molecular flexibility index (Phi) is 3.19. The van der Waals surface area contributed by atoms with Gasteiger partial charge in [-0.2, -0.15) is 0 Å². The second-order valence-electron chi connectivity index (χ2n) is 4.98. The molecule has 1 fully saturated rings. The van der Waals surface area contributed by atoms with Gasteiger partial charge in [0.1, 0.15) is 11.9 Å². The molecule has 0 aliphatic carbocycles. The first-order chi connectivity index (χ1) is 8.81. The molecule has 0 spiro atoms. The molecule has 18 heavy (non-hydrogen) atoms. The summed E-state index contributed by atoms with van der Waals surface area (Å²) in [5.41, 5.74) is 1.18. The SMILES string of the molecule is Oc1ccc(CC2CN=C(C3CCNC3)O2)cc1. The Morgan fingerprint density at radius 1 is 1.33 bits per heavy atom. The van der Waals surface area contributed by atoms with E-state index in [1.807, 2.05) is 12.1 Å². The summed E-state index contributed by atoms with van der Waals surface area (Å²) >= 11 is 0. The van der Waals surface area contributed by atoms with Crippen molar-refractivity contribution in [3.05, 3.63) is 29.8 Å². The zero-order valence-electron chi connectivity index (χ0n) is 10.3. The molecule has 2 unspecified atom stereocenters. The number of aliphatic imine (C=N–C) groups is 1. The van der Waals surface area contributed by atoms with Gasteiger partial charge in [0.15, 0.2) is 5.90 Å². The van der Waals surface area contributed by atoms with Crippen LogP contribution in [0.1, 0.15) is 12.0 Å². The average Bonchev–Trinajstić information content (AvgIpc) is 3.02. The van der Waals surface area contributed by atoms with E-state index in [1.54, 1.807) is 12.1 Å². The lowest BCUT2D eigenvalue weighted by molar-refractivity contribution is 0.211. The van der Waals surface area contributed by atoms with E-state index in [9.17, 15) is 5.11 Å². The summed E-state index contributed by atoms with van der Waals surface area (Å²) in [6, 6.07) is 7.31. The Balaban J connectivity index is 1.55. The standard InChI is InChI=1S/C14H18N2O2/c17-12-3-1-10(2-4-12)7-13-9-16-14(18-13)11-5-6-15-8-11/h1-4,11,13,15,17H,5-9H2. The first-order valence-corrected chi connectivity index (χ1v) is 6.51. The lowest BCUT2D eigenvalue weighted by Gasteiger charge is -2.14. The predicted octanol–water partition coefficient (Wildman–Crippen LogP) is 1.34. The third-order valence-corrected chi connectivity index (χ3v) is 3.55. The van der Waals surface area contributed by atoms with Crippen LogP contribution in [0.25, 0.3) is 0 Å². The van der Waals surface area contributed by atoms with Crippen molar-refractivity contribution in [2.24, 2.45) is 10.9 Å². The summed E-state index contributed by atoms with van der Waals surface area (Å²) in [5.74, 6) is 1.71. The van der Waals surface area contributed by atoms with Gasteiger partial charge in [-0.1, -0.05) is 12.1 Å². The highest BCUT2D eigenvalue weighted by molar-refractivity contribution is 5.80. The van der Waals surface area contributed by atoms with Crippen LogP contribution in [0, 0.1) is 5.92 Å². The fourth-order valence-corrected chi connectivity index (χ4v) is 2.53. The van der Waals surface area contributed by atoms with E-state index in [4.69, 9.17) is 4.74 Å². The van der Waals surface area contributed by atoms with Crippen molar-refractivity contribution in [3.8, 4) is 5.75 Å². The van der Waals surface area contributed by atoms with Crippen LogP contribution in [0.15, 0.2) is 29.3 Å². The van der Waals surface area contributed by atoms with Gasteiger partial charge in [0.25, 0.3) is 0 Å². The zero-order valence-corrected chi connectivity index (χ0v) is 10.3. The quantitative estimate of drug-likeness (QED) is 0.846. The van der Waals surface area contributed by atoms with Crippen LogP contribution in [0.3, 0.4) is 0 Å². The molecule has 0 amide bonds. The van der Waals surface area contributed by atoms with Crippen LogP contribution >= 0.6 is 0 Å². The molecular weight excluding hydrogens is 228 g/mol. The van der Waals surface area contributed by atoms with Gasteiger partial charge in [0, 0.05) is 18.9 Å². The Morgan fingerprint density at radius 2 is 2.17 bits per heavy atom. The van der Waals surface area contributed by atoms with Crippen LogP contribution in [-0.2, 0) is 11.2 Å². The molecule has 3 rings (SSSR count). The highest BCUT2D eigenvalue weighted by Gasteiger charge is 2.28. The van der Waals surface area contributed by atoms with Gasteiger partial charge >= 0.3 is 0 Å². The molecule has 2 N–H and O–H groups in total. The van der Waals surface area contributed by atoms with E-state index in [0.717, 1.165) is 38.4 Å². The van der Waals surface area contributed by atoms with Gasteiger partial charge in [-0.25, -0.2) is 0 Å². The molecule has 4 nitrogen and oxygen atoms in total. The van der Waals surface area contributed by atoms with Crippen molar-refractivity contribution >= 4 is 5.90 Å². The lowest BCUT2D eigenvalue weighted by atomic mass is 10.1. The molecule has 2 aliphatic heterocycles. The molecule has 2 heterocycles. The number of nitrogens with one attached hydrogen (secondary N) is 1. The molecule has 1 saturated heterocycles. The minimum Gasteiger partial charge on any atom is -0.508 e. The summed E-state index contributed by atoms with van der Waals surface area (Å²) in [6.45, 7) is 2.81. The maximum atomic E-state index is 9.24. The summed E-state index contributed by atoms with van der Waals surface area (Å²) in [5, 5.41) is 12.6.